The van der Waals surface area contributed by atoms with E-state index in [-0.39, 0.29) is 62.5 Å². The van der Waals surface area contributed by atoms with Crippen LogP contribution in [0, 0.1) is 17.8 Å². The molecule has 0 radical (unpaired) electrons. The summed E-state index contributed by atoms with van der Waals surface area (Å²) in [6, 6.07) is 5.98. The second-order valence-corrected chi connectivity index (χ2v) is 22.9. The van der Waals surface area contributed by atoms with Gasteiger partial charge in [-0.1, -0.05) is 84.0 Å². The van der Waals surface area contributed by atoms with E-state index in [0.29, 0.717) is 17.5 Å². The molecule has 3 aromatic carbocycles. The lowest BCUT2D eigenvalue weighted by molar-refractivity contribution is -0.142. The van der Waals surface area contributed by atoms with Crippen molar-refractivity contribution in [1.82, 2.24) is 47.5 Å². The molecule has 4 rings (SSSR count). The van der Waals surface area contributed by atoms with Crippen LogP contribution in [-0.2, 0) is 72.0 Å². The lowest BCUT2D eigenvalue weighted by Gasteiger charge is -2.29. The third-order valence-electron chi connectivity index (χ3n) is 14.5. The molecule has 19 N–H and O–H groups in total. The smallest absolute Gasteiger partial charge is 0.326 e. The number of aromatic nitrogens is 1. The van der Waals surface area contributed by atoms with E-state index in [4.69, 9.17) is 17.2 Å². The normalized spacial score (nSPS) is 14.4. The molecule has 0 unspecified atom stereocenters. The number of unbranched alkanes of at least 4 members (excludes halogenated alkanes) is 1. The van der Waals surface area contributed by atoms with Gasteiger partial charge < -0.3 is 85.1 Å². The van der Waals surface area contributed by atoms with Crippen LogP contribution in [0.1, 0.15) is 110 Å². The highest BCUT2D eigenvalue weighted by molar-refractivity contribution is 5.99. The highest BCUT2D eigenvalue weighted by atomic mass is 16.4. The van der Waals surface area contributed by atoms with Gasteiger partial charge in [-0.2, -0.15) is 0 Å². The molecule has 0 aliphatic heterocycles. The minimum Gasteiger partial charge on any atom is -0.508 e. The molecule has 0 saturated carbocycles. The van der Waals surface area contributed by atoms with E-state index < -0.39 is 157 Å². The number of phenols is 2. The molecule has 0 bridgehead atoms. The Morgan fingerprint density at radius 3 is 1.41 bits per heavy atom. The van der Waals surface area contributed by atoms with E-state index in [0.717, 1.165) is 16.5 Å². The number of carbonyl (C=O) groups excluding carboxylic acids is 9. The number of benzene rings is 3. The molecule has 0 aliphatic carbocycles. The Bertz CT molecular complexity index is 3040. The molecule has 4 aromatic rings. The van der Waals surface area contributed by atoms with Crippen LogP contribution in [0.4, 0.5) is 0 Å². The number of amides is 9. The molecular formula is C61H86N12O15. The number of nitrogens with one attached hydrogen (secondary N) is 9. The Morgan fingerprint density at radius 2 is 0.920 bits per heavy atom. The summed E-state index contributed by atoms with van der Waals surface area (Å²) in [7, 11) is 0. The molecule has 27 heteroatoms. The highest BCUT2D eigenvalue weighted by Crippen LogP contribution is 2.20. The number of hydrogen-bond donors (Lipinski definition) is 16. The molecule has 0 aliphatic rings. The number of para-hydroxylation sites is 1. The molecule has 9 atom stereocenters. The zero-order valence-electron chi connectivity index (χ0n) is 50.4. The maximum atomic E-state index is 14.6. The van der Waals surface area contributed by atoms with E-state index in [1.54, 1.807) is 47.7 Å². The van der Waals surface area contributed by atoms with Gasteiger partial charge in [0, 0.05) is 42.8 Å². The third kappa shape index (κ3) is 23.3. The average Bonchev–Trinajstić information content (AvgIpc) is 3.96. The summed E-state index contributed by atoms with van der Waals surface area (Å²) in [5.41, 5.74) is 20.1. The molecule has 1 heterocycles. The van der Waals surface area contributed by atoms with Gasteiger partial charge in [0.2, 0.25) is 53.2 Å². The van der Waals surface area contributed by atoms with Crippen LogP contribution < -0.4 is 59.7 Å². The van der Waals surface area contributed by atoms with Crippen molar-refractivity contribution >= 4 is 76.0 Å². The van der Waals surface area contributed by atoms with Gasteiger partial charge in [0.15, 0.2) is 0 Å². The van der Waals surface area contributed by atoms with Crippen molar-refractivity contribution in [1.29, 1.82) is 0 Å². The van der Waals surface area contributed by atoms with E-state index in [1.165, 1.54) is 48.5 Å². The van der Waals surface area contributed by atoms with Crippen LogP contribution in [0.3, 0.4) is 0 Å². The first-order chi connectivity index (χ1) is 41.6. The number of phenolic OH excluding ortho intramolecular Hbond substituents is 2. The standard InChI is InChI=1S/C61H86N12O15/c1-32(2)27-46(58(84)73-52(34(5)6)60(86)71-48(61(87)88)29-36-16-20-39(75)21-17-36)69-57(83)47(28-35-14-18-38(74)19-15-35)70-54(80)43(13-9-10-26-62)66-56(82)45(23-25-50(77)78)67-55(81)44(22-24-49(64)76)68-59(85)51(33(3)4)72-53(79)41(63)30-37-31-65-42-12-8-7-11-40(37)42/h7-8,11-12,14-21,31-34,41,43-48,51-52,65,74-75H,9-10,13,22-30,62-63H2,1-6H3,(H2,64,76)(H,66,82)(H,67,81)(H,68,85)(H,69,83)(H,70,80)(H,71,86)(H,72,79)(H,73,84)(H,77,78)(H,87,88)/t41-,43-,44-,45-,46-,47-,48-,51-,52-/m0/s1. The topological polar surface area (TPSA) is 459 Å². The zero-order chi connectivity index (χ0) is 65.4. The van der Waals surface area contributed by atoms with Crippen LogP contribution >= 0.6 is 0 Å². The van der Waals surface area contributed by atoms with Gasteiger partial charge in [0.1, 0.15) is 59.8 Å². The lowest BCUT2D eigenvalue weighted by Crippen LogP contribution is -2.61. The number of carboxylic acid groups (broad SMARTS) is 2. The predicted molar refractivity (Wildman–Crippen MR) is 324 cm³/mol. The highest BCUT2D eigenvalue weighted by Gasteiger charge is 2.37. The lowest BCUT2D eigenvalue weighted by atomic mass is 9.98. The second kappa shape index (κ2) is 34.9. The van der Waals surface area contributed by atoms with E-state index in [9.17, 15) is 73.2 Å². The van der Waals surface area contributed by atoms with Crippen LogP contribution in [-0.4, -0.2) is 151 Å². The van der Waals surface area contributed by atoms with Crippen LogP contribution in [0.15, 0.2) is 79.0 Å². The number of nitrogens with two attached hydrogens (primary N) is 3. The van der Waals surface area contributed by atoms with Gasteiger partial charge in [-0.05, 0) is 116 Å². The van der Waals surface area contributed by atoms with Gasteiger partial charge in [-0.15, -0.1) is 0 Å². The van der Waals surface area contributed by atoms with Crippen molar-refractivity contribution < 1.29 is 73.2 Å². The molecular weight excluding hydrogens is 1140 g/mol. The number of hydrogen-bond acceptors (Lipinski definition) is 15. The fraction of sp³-hybridized carbons (Fsp3) is 0.492. The molecule has 0 saturated heterocycles. The van der Waals surface area contributed by atoms with Crippen molar-refractivity contribution in [3.05, 3.63) is 95.7 Å². The molecule has 9 amide bonds. The number of primary amides is 1. The summed E-state index contributed by atoms with van der Waals surface area (Å²) in [6.45, 7) is 10.2. The number of fused-ring (bicyclic) bond motifs is 1. The van der Waals surface area contributed by atoms with Crippen LogP contribution in [0.2, 0.25) is 0 Å². The number of aromatic amines is 1. The Labute approximate surface area is 510 Å². The first-order valence-corrected chi connectivity index (χ1v) is 29.3. The molecule has 0 fully saturated rings. The maximum absolute atomic E-state index is 14.6. The summed E-state index contributed by atoms with van der Waals surface area (Å²) in [6.07, 6.45) is -0.194. The molecule has 0 spiro atoms. The number of carbonyl (C=O) groups is 11. The van der Waals surface area contributed by atoms with Gasteiger partial charge in [0.05, 0.1) is 6.04 Å². The molecule has 88 heavy (non-hydrogen) atoms. The van der Waals surface area contributed by atoms with E-state index >= 15 is 0 Å². The minimum atomic E-state index is -1.71. The Balaban J connectivity index is 1.58. The van der Waals surface area contributed by atoms with Crippen molar-refractivity contribution in [2.45, 2.75) is 167 Å². The van der Waals surface area contributed by atoms with Crippen LogP contribution in [0.25, 0.3) is 10.9 Å². The Kier molecular flexibility index (Phi) is 28.3. The van der Waals surface area contributed by atoms with Crippen molar-refractivity contribution in [3.63, 3.8) is 0 Å². The summed E-state index contributed by atoms with van der Waals surface area (Å²) in [5, 5.41) is 61.1. The Morgan fingerprint density at radius 1 is 0.489 bits per heavy atom. The van der Waals surface area contributed by atoms with Crippen molar-refractivity contribution in [3.8, 4) is 11.5 Å². The van der Waals surface area contributed by atoms with Crippen molar-refractivity contribution in [2.24, 2.45) is 35.0 Å². The SMILES string of the molecule is CC(C)C[C@H](NC(=O)[C@H](Cc1ccc(O)cc1)NC(=O)[C@H](CCCCN)NC(=O)[C@H](CCC(=O)O)NC(=O)[C@H](CCC(N)=O)NC(=O)[C@@H](NC(=O)[C@@H](N)Cc1c[nH]c2ccccc12)C(C)C)C(=O)N[C@H](C(=O)N[C@@H](Cc1ccc(O)cc1)C(=O)O)C(C)C. The summed E-state index contributed by atoms with van der Waals surface area (Å²) in [5.74, 6) is -12.4. The summed E-state index contributed by atoms with van der Waals surface area (Å²) in [4.78, 5) is 153. The second-order valence-electron chi connectivity index (χ2n) is 22.9. The zero-order valence-corrected chi connectivity index (χ0v) is 50.4. The van der Waals surface area contributed by atoms with Crippen LogP contribution in [0.5, 0.6) is 11.5 Å². The molecule has 480 valence electrons. The minimum absolute atomic E-state index is 0.00740. The first kappa shape index (κ1) is 71.4. The van der Waals surface area contributed by atoms with Gasteiger partial charge in [-0.3, -0.25) is 47.9 Å². The van der Waals surface area contributed by atoms with E-state index in [2.05, 4.69) is 47.5 Å². The Hall–Kier alpha value is -9.11. The molecule has 1 aromatic heterocycles. The molecule has 27 nitrogen and oxygen atoms in total. The maximum Gasteiger partial charge on any atom is 0.326 e. The third-order valence-corrected chi connectivity index (χ3v) is 14.5. The van der Waals surface area contributed by atoms with Gasteiger partial charge in [0.25, 0.3) is 0 Å². The quantitative estimate of drug-likeness (QED) is 0.0274. The number of rotatable bonds is 37. The summed E-state index contributed by atoms with van der Waals surface area (Å²) >= 11 is 0. The monoisotopic (exact) mass is 1230 g/mol. The van der Waals surface area contributed by atoms with E-state index in [1.807, 2.05) is 24.3 Å². The number of aliphatic carboxylic acids is 2. The fourth-order valence-electron chi connectivity index (χ4n) is 9.53. The summed E-state index contributed by atoms with van der Waals surface area (Å²) < 4.78 is 0. The van der Waals surface area contributed by atoms with Gasteiger partial charge in [-0.25, -0.2) is 4.79 Å². The number of aromatic hydroxyl groups is 2. The predicted octanol–water partition coefficient (Wildman–Crippen LogP) is 0.515. The largest absolute Gasteiger partial charge is 0.508 e. The fourth-order valence-corrected chi connectivity index (χ4v) is 9.53. The van der Waals surface area contributed by atoms with Gasteiger partial charge >= 0.3 is 11.9 Å². The number of carboxylic acids is 2. The number of H-pyrrole nitrogens is 1. The average molecular weight is 1230 g/mol. The van der Waals surface area contributed by atoms with Crippen molar-refractivity contribution in [2.75, 3.05) is 6.54 Å². The first-order valence-electron chi connectivity index (χ1n) is 29.3.